The molecule has 1 heterocycles. The summed E-state index contributed by atoms with van der Waals surface area (Å²) in [4.78, 5) is 63.7. The average molecular weight is 516 g/mol. The van der Waals surface area contributed by atoms with Gasteiger partial charge in [0.05, 0.1) is 37.0 Å². The number of para-hydroxylation sites is 1. The van der Waals surface area contributed by atoms with Gasteiger partial charge in [0.15, 0.2) is 0 Å². The number of anilines is 3. The van der Waals surface area contributed by atoms with Crippen LogP contribution in [-0.2, 0) is 19.1 Å². The molecule has 0 bridgehead atoms. The van der Waals surface area contributed by atoms with Crippen molar-refractivity contribution in [1.29, 1.82) is 0 Å². The number of rotatable bonds is 7. The highest BCUT2D eigenvalue weighted by atomic mass is 16.5. The van der Waals surface area contributed by atoms with Gasteiger partial charge in [-0.2, -0.15) is 0 Å². The molecule has 38 heavy (non-hydrogen) atoms. The number of benzene rings is 3. The van der Waals surface area contributed by atoms with Crippen molar-refractivity contribution in [1.82, 2.24) is 0 Å². The molecule has 0 aliphatic carbocycles. The van der Waals surface area contributed by atoms with Crippen molar-refractivity contribution in [2.45, 2.75) is 6.42 Å². The molecule has 3 amide bonds. The van der Waals surface area contributed by atoms with Crippen LogP contribution in [0.3, 0.4) is 0 Å². The Balaban J connectivity index is 1.42. The smallest absolute Gasteiger partial charge is 0.339 e. The van der Waals surface area contributed by atoms with E-state index in [0.29, 0.717) is 5.69 Å². The standard InChI is InChI=1S/C28H25N3O7/c1-37-27(35)18-10-13-22(28(36)38-2)23(14-18)30-25(33)17-8-11-20(12-9-17)29-26(34)19-15-24(32)31(16-19)21-6-4-3-5-7-21/h3-14,19H,15-16H2,1-2H3,(H,29,34)(H,30,33). The Bertz CT molecular complexity index is 1390. The summed E-state index contributed by atoms with van der Waals surface area (Å²) in [7, 11) is 2.43. The molecule has 1 saturated heterocycles. The largest absolute Gasteiger partial charge is 0.465 e. The number of hydrogen-bond acceptors (Lipinski definition) is 7. The van der Waals surface area contributed by atoms with Crippen LogP contribution in [0, 0.1) is 5.92 Å². The van der Waals surface area contributed by atoms with Gasteiger partial charge in [-0.25, -0.2) is 9.59 Å². The lowest BCUT2D eigenvalue weighted by atomic mass is 10.1. The number of amides is 3. The van der Waals surface area contributed by atoms with Gasteiger partial charge in [-0.15, -0.1) is 0 Å². The predicted molar refractivity (Wildman–Crippen MR) is 139 cm³/mol. The van der Waals surface area contributed by atoms with Gasteiger partial charge in [-0.3, -0.25) is 14.4 Å². The van der Waals surface area contributed by atoms with Gasteiger partial charge in [0.25, 0.3) is 5.91 Å². The van der Waals surface area contributed by atoms with Crippen molar-refractivity contribution in [3.8, 4) is 0 Å². The third-order valence-electron chi connectivity index (χ3n) is 6.07. The van der Waals surface area contributed by atoms with Crippen LogP contribution in [0.2, 0.25) is 0 Å². The fraction of sp³-hybridized carbons (Fsp3) is 0.179. The molecule has 0 radical (unpaired) electrons. The van der Waals surface area contributed by atoms with Crippen molar-refractivity contribution in [3.05, 3.63) is 89.5 Å². The molecule has 3 aromatic carbocycles. The zero-order valence-electron chi connectivity index (χ0n) is 20.7. The number of esters is 2. The van der Waals surface area contributed by atoms with Crippen LogP contribution in [0.4, 0.5) is 17.1 Å². The van der Waals surface area contributed by atoms with E-state index in [0.717, 1.165) is 5.69 Å². The number of methoxy groups -OCH3 is 2. The monoisotopic (exact) mass is 515 g/mol. The van der Waals surface area contributed by atoms with Gasteiger partial charge >= 0.3 is 11.9 Å². The molecule has 4 rings (SSSR count). The van der Waals surface area contributed by atoms with Crippen molar-refractivity contribution < 1.29 is 33.4 Å². The van der Waals surface area contributed by atoms with Crippen molar-refractivity contribution in [3.63, 3.8) is 0 Å². The minimum atomic E-state index is -0.689. The maximum Gasteiger partial charge on any atom is 0.339 e. The first-order valence-corrected chi connectivity index (χ1v) is 11.7. The Kier molecular flexibility index (Phi) is 7.81. The molecular weight excluding hydrogens is 490 g/mol. The zero-order chi connectivity index (χ0) is 27.2. The highest BCUT2D eigenvalue weighted by Crippen LogP contribution is 2.26. The molecule has 2 N–H and O–H groups in total. The summed E-state index contributed by atoms with van der Waals surface area (Å²) in [6.45, 7) is 0.280. The molecule has 0 spiro atoms. The summed E-state index contributed by atoms with van der Waals surface area (Å²) in [5.41, 5.74) is 1.73. The van der Waals surface area contributed by atoms with Gasteiger partial charge in [-0.1, -0.05) is 18.2 Å². The summed E-state index contributed by atoms with van der Waals surface area (Å²) in [6, 6.07) is 19.4. The van der Waals surface area contributed by atoms with E-state index in [1.807, 2.05) is 30.3 Å². The first-order chi connectivity index (χ1) is 18.3. The fourth-order valence-electron chi connectivity index (χ4n) is 4.06. The number of hydrogen-bond donors (Lipinski definition) is 2. The van der Waals surface area contributed by atoms with Crippen molar-refractivity contribution >= 4 is 46.7 Å². The molecule has 1 fully saturated rings. The lowest BCUT2D eigenvalue weighted by Crippen LogP contribution is -2.28. The second kappa shape index (κ2) is 11.4. The lowest BCUT2D eigenvalue weighted by Gasteiger charge is -2.16. The molecule has 3 aromatic rings. The van der Waals surface area contributed by atoms with E-state index in [2.05, 4.69) is 10.6 Å². The number of nitrogens with zero attached hydrogens (tertiary/aromatic N) is 1. The summed E-state index contributed by atoms with van der Waals surface area (Å²) in [6.07, 6.45) is 0.106. The SMILES string of the molecule is COC(=O)c1ccc(C(=O)OC)c(NC(=O)c2ccc(NC(=O)C3CC(=O)N(c4ccccc4)C3)cc2)c1. The minimum absolute atomic E-state index is 0.0630. The Labute approximate surface area is 218 Å². The third-order valence-corrected chi connectivity index (χ3v) is 6.07. The Hall–Kier alpha value is -4.99. The Morgan fingerprint density at radius 2 is 1.47 bits per heavy atom. The van der Waals surface area contributed by atoms with Crippen LogP contribution < -0.4 is 15.5 Å². The second-order valence-corrected chi connectivity index (χ2v) is 8.51. The van der Waals surface area contributed by atoms with Crippen LogP contribution in [0.5, 0.6) is 0 Å². The molecular formula is C28H25N3O7. The molecule has 194 valence electrons. The topological polar surface area (TPSA) is 131 Å². The summed E-state index contributed by atoms with van der Waals surface area (Å²) < 4.78 is 9.45. The van der Waals surface area contributed by atoms with E-state index in [9.17, 15) is 24.0 Å². The van der Waals surface area contributed by atoms with E-state index in [1.165, 1.54) is 44.6 Å². The maximum atomic E-state index is 12.9. The van der Waals surface area contributed by atoms with Crippen LogP contribution in [0.15, 0.2) is 72.8 Å². The van der Waals surface area contributed by atoms with Crippen LogP contribution in [0.1, 0.15) is 37.5 Å². The van der Waals surface area contributed by atoms with Crippen LogP contribution in [0.25, 0.3) is 0 Å². The van der Waals surface area contributed by atoms with Crippen molar-refractivity contribution in [2.75, 3.05) is 36.3 Å². The van der Waals surface area contributed by atoms with Crippen LogP contribution >= 0.6 is 0 Å². The molecule has 1 aliphatic heterocycles. The number of carbonyl (C=O) groups excluding carboxylic acids is 5. The quantitative estimate of drug-likeness (QED) is 0.461. The fourth-order valence-corrected chi connectivity index (χ4v) is 4.06. The highest BCUT2D eigenvalue weighted by molar-refractivity contribution is 6.09. The summed E-state index contributed by atoms with van der Waals surface area (Å²) in [5, 5.41) is 5.40. The number of ether oxygens (including phenoxy) is 2. The van der Waals surface area contributed by atoms with Crippen molar-refractivity contribution in [2.24, 2.45) is 5.92 Å². The van der Waals surface area contributed by atoms with Gasteiger partial charge in [0.2, 0.25) is 11.8 Å². The van der Waals surface area contributed by atoms with E-state index >= 15 is 0 Å². The number of carbonyl (C=O) groups is 5. The van der Waals surface area contributed by atoms with E-state index < -0.39 is 23.8 Å². The van der Waals surface area contributed by atoms with E-state index in [1.54, 1.807) is 17.0 Å². The molecule has 1 atom stereocenters. The minimum Gasteiger partial charge on any atom is -0.465 e. The first kappa shape index (κ1) is 26.1. The second-order valence-electron chi connectivity index (χ2n) is 8.51. The Morgan fingerprint density at radius 3 is 2.13 bits per heavy atom. The third kappa shape index (κ3) is 5.70. The van der Waals surface area contributed by atoms with Crippen LogP contribution in [-0.4, -0.2) is 50.4 Å². The first-order valence-electron chi connectivity index (χ1n) is 11.7. The number of nitrogens with one attached hydrogen (secondary N) is 2. The van der Waals surface area contributed by atoms with Gasteiger partial charge < -0.3 is 25.0 Å². The zero-order valence-corrected chi connectivity index (χ0v) is 20.7. The molecule has 0 saturated carbocycles. The van der Waals surface area contributed by atoms with Gasteiger partial charge in [-0.05, 0) is 54.6 Å². The van der Waals surface area contributed by atoms with Gasteiger partial charge in [0.1, 0.15) is 0 Å². The maximum absolute atomic E-state index is 12.9. The molecule has 10 heteroatoms. The molecule has 10 nitrogen and oxygen atoms in total. The normalized spacial score (nSPS) is 14.5. The lowest BCUT2D eigenvalue weighted by molar-refractivity contribution is -0.122. The summed E-state index contributed by atoms with van der Waals surface area (Å²) >= 11 is 0. The predicted octanol–water partition coefficient (Wildman–Crippen LogP) is 3.50. The average Bonchev–Trinajstić information content (AvgIpc) is 3.34. The van der Waals surface area contributed by atoms with Gasteiger partial charge in [0, 0.05) is 29.9 Å². The highest BCUT2D eigenvalue weighted by Gasteiger charge is 2.35. The summed E-state index contributed by atoms with van der Waals surface area (Å²) in [5.74, 6) is -2.79. The molecule has 1 unspecified atom stereocenters. The van der Waals surface area contributed by atoms with E-state index in [4.69, 9.17) is 9.47 Å². The molecule has 1 aliphatic rings. The van der Waals surface area contributed by atoms with E-state index in [-0.39, 0.29) is 47.2 Å². The molecule has 0 aromatic heterocycles. The Morgan fingerprint density at radius 1 is 0.816 bits per heavy atom.